The number of nitrogens with zero attached hydrogens (tertiary/aromatic N) is 1. The van der Waals surface area contributed by atoms with Crippen LogP contribution >= 0.6 is 0 Å². The predicted molar refractivity (Wildman–Crippen MR) is 115 cm³/mol. The average Bonchev–Trinajstić information content (AvgIpc) is 2.69. The maximum absolute atomic E-state index is 13.9. The molecule has 0 aromatic heterocycles. The lowest BCUT2D eigenvalue weighted by atomic mass is 10.0. The summed E-state index contributed by atoms with van der Waals surface area (Å²) in [6, 6.07) is 10.4. The van der Waals surface area contributed by atoms with E-state index in [1.807, 2.05) is 32.0 Å². The highest BCUT2D eigenvalue weighted by Crippen LogP contribution is 2.15. The van der Waals surface area contributed by atoms with E-state index in [2.05, 4.69) is 21.6 Å². The molecule has 0 radical (unpaired) electrons. The van der Waals surface area contributed by atoms with E-state index in [0.717, 1.165) is 29.9 Å². The van der Waals surface area contributed by atoms with Crippen LogP contribution in [0.2, 0.25) is 0 Å². The van der Waals surface area contributed by atoms with Crippen LogP contribution in [0.3, 0.4) is 0 Å². The van der Waals surface area contributed by atoms with Gasteiger partial charge in [0.05, 0.1) is 0 Å². The van der Waals surface area contributed by atoms with Gasteiger partial charge in [-0.15, -0.1) is 0 Å². The molecule has 0 saturated heterocycles. The van der Waals surface area contributed by atoms with Crippen molar-refractivity contribution in [1.29, 1.82) is 0 Å². The number of rotatable bonds is 9. The number of halogens is 2. The Hall–Kier alpha value is -2.96. The van der Waals surface area contributed by atoms with E-state index >= 15 is 0 Å². The molecule has 2 rings (SSSR count). The summed E-state index contributed by atoms with van der Waals surface area (Å²) < 4.78 is 27.7. The highest BCUT2D eigenvalue weighted by Gasteiger charge is 2.27. The molecule has 0 fully saturated rings. The summed E-state index contributed by atoms with van der Waals surface area (Å²) in [4.78, 5) is 27.2. The fraction of sp³-hybridized carbons (Fsp3) is 0.391. The van der Waals surface area contributed by atoms with Gasteiger partial charge in [-0.05, 0) is 49.6 Å². The molecule has 2 aromatic carbocycles. The first-order valence-corrected chi connectivity index (χ1v) is 10.1. The van der Waals surface area contributed by atoms with Gasteiger partial charge < -0.3 is 15.5 Å². The minimum Gasteiger partial charge on any atom is -0.370 e. The van der Waals surface area contributed by atoms with Crippen LogP contribution < -0.4 is 15.5 Å². The smallest absolute Gasteiger partial charge is 0.257 e. The summed E-state index contributed by atoms with van der Waals surface area (Å²) in [5.74, 6) is -3.54. The Balaban J connectivity index is 1.99. The number of likely N-dealkylation sites (N-methyl/N-ethyl adjacent to an activating group) is 1. The number of benzene rings is 2. The number of amides is 2. The number of anilines is 1. The largest absolute Gasteiger partial charge is 0.370 e. The molecule has 0 aliphatic carbocycles. The van der Waals surface area contributed by atoms with Crippen LogP contribution in [0.1, 0.15) is 36.7 Å². The zero-order valence-corrected chi connectivity index (χ0v) is 17.8. The van der Waals surface area contributed by atoms with Crippen LogP contribution in [0.4, 0.5) is 14.5 Å². The maximum atomic E-state index is 13.9. The van der Waals surface area contributed by atoms with Crippen LogP contribution in [-0.2, 0) is 4.79 Å². The van der Waals surface area contributed by atoms with Gasteiger partial charge in [0.1, 0.15) is 23.2 Å². The third-order valence-electron chi connectivity index (χ3n) is 4.86. The monoisotopic (exact) mass is 417 g/mol. The molecule has 7 heteroatoms. The van der Waals surface area contributed by atoms with Gasteiger partial charge >= 0.3 is 0 Å². The Morgan fingerprint density at radius 2 is 1.70 bits per heavy atom. The summed E-state index contributed by atoms with van der Waals surface area (Å²) in [5, 5.41) is 5.28. The van der Waals surface area contributed by atoms with Gasteiger partial charge in [0.2, 0.25) is 5.91 Å². The lowest BCUT2D eigenvalue weighted by Gasteiger charge is -2.25. The minimum atomic E-state index is -0.966. The van der Waals surface area contributed by atoms with Crippen LogP contribution in [0, 0.1) is 24.5 Å². The molecule has 2 aromatic rings. The molecule has 0 saturated carbocycles. The summed E-state index contributed by atoms with van der Waals surface area (Å²) >= 11 is 0. The van der Waals surface area contributed by atoms with Gasteiger partial charge in [0.15, 0.2) is 0 Å². The summed E-state index contributed by atoms with van der Waals surface area (Å²) in [7, 11) is 0. The first-order valence-electron chi connectivity index (χ1n) is 10.1. The van der Waals surface area contributed by atoms with Gasteiger partial charge in [-0.25, -0.2) is 8.78 Å². The average molecular weight is 418 g/mol. The molecule has 1 atom stereocenters. The van der Waals surface area contributed by atoms with Crippen molar-refractivity contribution in [3.63, 3.8) is 0 Å². The second kappa shape index (κ2) is 10.7. The lowest BCUT2D eigenvalue weighted by Crippen LogP contribution is -2.51. The van der Waals surface area contributed by atoms with Crippen molar-refractivity contribution < 1.29 is 18.4 Å². The van der Waals surface area contributed by atoms with Gasteiger partial charge in [-0.3, -0.25) is 9.59 Å². The predicted octanol–water partition coefficient (Wildman–Crippen LogP) is 3.67. The number of hydrogen-bond donors (Lipinski definition) is 2. The number of hydrogen-bond acceptors (Lipinski definition) is 3. The van der Waals surface area contributed by atoms with Crippen molar-refractivity contribution in [2.75, 3.05) is 24.5 Å². The molecular weight excluding hydrogens is 388 g/mol. The van der Waals surface area contributed by atoms with E-state index in [1.165, 1.54) is 6.07 Å². The van der Waals surface area contributed by atoms with E-state index in [1.54, 1.807) is 13.8 Å². The lowest BCUT2D eigenvalue weighted by molar-refractivity contribution is -0.123. The van der Waals surface area contributed by atoms with Crippen LogP contribution in [0.25, 0.3) is 0 Å². The first kappa shape index (κ1) is 23.3. The van der Waals surface area contributed by atoms with Crippen LogP contribution in [0.15, 0.2) is 42.5 Å². The Bertz CT molecular complexity index is 866. The highest BCUT2D eigenvalue weighted by atomic mass is 19.1. The molecule has 1 unspecified atom stereocenters. The minimum absolute atomic E-state index is 0.261. The Morgan fingerprint density at radius 3 is 2.27 bits per heavy atom. The topological polar surface area (TPSA) is 61.4 Å². The van der Waals surface area contributed by atoms with Gasteiger partial charge in [-0.1, -0.05) is 32.0 Å². The van der Waals surface area contributed by atoms with Crippen molar-refractivity contribution in [3.8, 4) is 0 Å². The molecule has 0 heterocycles. The van der Waals surface area contributed by atoms with E-state index in [9.17, 15) is 18.4 Å². The van der Waals surface area contributed by atoms with Gasteiger partial charge in [0.25, 0.3) is 5.91 Å². The quantitative estimate of drug-likeness (QED) is 0.655. The van der Waals surface area contributed by atoms with Crippen molar-refractivity contribution >= 4 is 17.5 Å². The zero-order valence-electron chi connectivity index (χ0n) is 17.8. The number of nitrogens with one attached hydrogen (secondary N) is 2. The second-order valence-electron chi connectivity index (χ2n) is 7.50. The fourth-order valence-electron chi connectivity index (χ4n) is 3.18. The normalized spacial score (nSPS) is 11.8. The van der Waals surface area contributed by atoms with Crippen molar-refractivity contribution in [3.05, 3.63) is 65.2 Å². The number of carbonyl (C=O) groups excluding carboxylic acids is 2. The molecule has 0 bridgehead atoms. The molecule has 0 aliphatic heterocycles. The molecule has 0 spiro atoms. The second-order valence-corrected chi connectivity index (χ2v) is 7.50. The van der Waals surface area contributed by atoms with E-state index in [0.29, 0.717) is 13.1 Å². The van der Waals surface area contributed by atoms with E-state index in [4.69, 9.17) is 0 Å². The third-order valence-corrected chi connectivity index (χ3v) is 4.86. The Kier molecular flexibility index (Phi) is 8.33. The van der Waals surface area contributed by atoms with E-state index in [-0.39, 0.29) is 5.92 Å². The third kappa shape index (κ3) is 6.02. The number of carbonyl (C=O) groups is 2. The molecule has 5 nitrogen and oxygen atoms in total. The first-order chi connectivity index (χ1) is 14.2. The molecular formula is C23H29F2N3O2. The summed E-state index contributed by atoms with van der Waals surface area (Å²) in [6.07, 6.45) is 0. The maximum Gasteiger partial charge on any atom is 0.257 e. The number of aryl methyl sites for hydroxylation is 1. The van der Waals surface area contributed by atoms with E-state index < -0.39 is 35.1 Å². The highest BCUT2D eigenvalue weighted by molar-refractivity contribution is 5.98. The Morgan fingerprint density at radius 1 is 1.07 bits per heavy atom. The summed E-state index contributed by atoms with van der Waals surface area (Å²) in [5.41, 5.74) is 1.53. The SMILES string of the molecule is CCN(CCNC(=O)C(NC(=O)c1c(F)cccc1F)C(C)C)c1cccc(C)c1. The zero-order chi connectivity index (χ0) is 22.3. The van der Waals surface area contributed by atoms with Crippen molar-refractivity contribution in [2.24, 2.45) is 5.92 Å². The standard InChI is InChI=1S/C23H29F2N3O2/c1-5-28(17-9-6-8-16(4)14-17)13-12-26-23(30)21(15(2)3)27-22(29)20-18(24)10-7-11-19(20)25/h6-11,14-15,21H,5,12-13H2,1-4H3,(H,26,30)(H,27,29). The van der Waals surface area contributed by atoms with Crippen molar-refractivity contribution in [1.82, 2.24) is 10.6 Å². The van der Waals surface area contributed by atoms with Crippen molar-refractivity contribution in [2.45, 2.75) is 33.7 Å². The molecule has 0 aliphatic rings. The molecule has 2 N–H and O–H groups in total. The fourth-order valence-corrected chi connectivity index (χ4v) is 3.18. The van der Waals surface area contributed by atoms with Gasteiger partial charge in [0, 0.05) is 25.3 Å². The molecule has 162 valence electrons. The molecule has 30 heavy (non-hydrogen) atoms. The Labute approximate surface area is 176 Å². The summed E-state index contributed by atoms with van der Waals surface area (Å²) in [6.45, 7) is 9.30. The molecule has 2 amide bonds. The van der Waals surface area contributed by atoms with Crippen LogP contribution in [-0.4, -0.2) is 37.5 Å². The van der Waals surface area contributed by atoms with Gasteiger partial charge in [-0.2, -0.15) is 0 Å². The van der Waals surface area contributed by atoms with Crippen LogP contribution in [0.5, 0.6) is 0 Å².